The van der Waals surface area contributed by atoms with Gasteiger partial charge in [0.1, 0.15) is 5.82 Å². The number of carbonyl (C=O) groups excluding carboxylic acids is 1. The van der Waals surface area contributed by atoms with Gasteiger partial charge in [0.25, 0.3) is 0 Å². The van der Waals surface area contributed by atoms with Crippen molar-refractivity contribution in [3.05, 3.63) is 66.0 Å². The molecule has 8 rings (SSSR count). The highest BCUT2D eigenvalue weighted by Crippen LogP contribution is 2.27. The van der Waals surface area contributed by atoms with Crippen LogP contribution >= 0.6 is 0 Å². The molecule has 5 aliphatic heterocycles. The first-order valence-corrected chi connectivity index (χ1v) is 11.9. The summed E-state index contributed by atoms with van der Waals surface area (Å²) in [6.07, 6.45) is 10.2. The molecule has 0 aromatic carbocycles. The van der Waals surface area contributed by atoms with Crippen molar-refractivity contribution in [2.75, 3.05) is 56.4 Å². The number of rotatable bonds is 0. The van der Waals surface area contributed by atoms with Gasteiger partial charge in [0.15, 0.2) is 5.83 Å². The standard InChI is InChI=1S/C25H29FN8O/c26-24-19-3-1-4-21(24)32-25-29-10-7-20(31-25)18-5-6-22(30-15-18)27-8-2-9-28-23(35)17-34-13-11-33(16-19)12-14-34/h1,3,5-7,10,15-16H,2,4,8-9,11-14,17H2,(H,27,30)(H,28,35)(H,29,31,32). The Hall–Kier alpha value is -3.79. The van der Waals surface area contributed by atoms with Gasteiger partial charge in [0.2, 0.25) is 11.9 Å². The van der Waals surface area contributed by atoms with Crippen molar-refractivity contribution in [1.29, 1.82) is 0 Å². The smallest absolute Gasteiger partial charge is 0.234 e. The number of hydrogen-bond acceptors (Lipinski definition) is 8. The molecule has 8 bridgehead atoms. The molecule has 0 spiro atoms. The van der Waals surface area contributed by atoms with Crippen LogP contribution in [0.15, 0.2) is 66.0 Å². The van der Waals surface area contributed by atoms with E-state index in [0.29, 0.717) is 49.0 Å². The first kappa shape index (κ1) is 23.0. The topological polar surface area (TPSA) is 98.3 Å². The van der Waals surface area contributed by atoms with Crippen LogP contribution in [0, 0.1) is 0 Å². The Morgan fingerprint density at radius 2 is 1.86 bits per heavy atom. The van der Waals surface area contributed by atoms with E-state index in [0.717, 1.165) is 44.0 Å². The molecule has 1 aliphatic carbocycles. The third kappa shape index (κ3) is 5.83. The van der Waals surface area contributed by atoms with Gasteiger partial charge in [-0.1, -0.05) is 12.2 Å². The number of allylic oxidation sites excluding steroid dienone is 4. The zero-order valence-corrected chi connectivity index (χ0v) is 19.5. The second-order valence-electron chi connectivity index (χ2n) is 8.75. The summed E-state index contributed by atoms with van der Waals surface area (Å²) >= 11 is 0. The Morgan fingerprint density at radius 1 is 1.00 bits per heavy atom. The molecule has 10 heteroatoms. The Morgan fingerprint density at radius 3 is 2.69 bits per heavy atom. The molecule has 9 nitrogen and oxygen atoms in total. The summed E-state index contributed by atoms with van der Waals surface area (Å²) in [5, 5.41) is 9.33. The normalized spacial score (nSPS) is 19.6. The minimum Gasteiger partial charge on any atom is -0.374 e. The molecule has 182 valence electrons. The van der Waals surface area contributed by atoms with Crippen LogP contribution < -0.4 is 16.0 Å². The number of halogens is 1. The molecule has 7 heterocycles. The summed E-state index contributed by atoms with van der Waals surface area (Å²) in [6.45, 7) is 4.66. The Kier molecular flexibility index (Phi) is 6.99. The Labute approximate surface area is 203 Å². The van der Waals surface area contributed by atoms with Crippen LogP contribution in [-0.4, -0.2) is 76.5 Å². The van der Waals surface area contributed by atoms with Gasteiger partial charge >= 0.3 is 0 Å². The lowest BCUT2D eigenvalue weighted by molar-refractivity contribution is -0.122. The van der Waals surface area contributed by atoms with Crippen molar-refractivity contribution < 1.29 is 9.18 Å². The van der Waals surface area contributed by atoms with Crippen molar-refractivity contribution in [1.82, 2.24) is 30.1 Å². The summed E-state index contributed by atoms with van der Waals surface area (Å²) in [4.78, 5) is 29.9. The quantitative estimate of drug-likeness (QED) is 0.534. The highest BCUT2D eigenvalue weighted by atomic mass is 19.1. The van der Waals surface area contributed by atoms with Gasteiger partial charge in [-0.2, -0.15) is 0 Å². The monoisotopic (exact) mass is 476 g/mol. The molecular weight excluding hydrogens is 447 g/mol. The number of hydrogen-bond donors (Lipinski definition) is 3. The lowest BCUT2D eigenvalue weighted by Gasteiger charge is -2.34. The first-order chi connectivity index (χ1) is 17.1. The molecule has 1 fully saturated rings. The van der Waals surface area contributed by atoms with Gasteiger partial charge in [-0.15, -0.1) is 0 Å². The molecule has 1 saturated heterocycles. The third-order valence-electron chi connectivity index (χ3n) is 6.19. The fourth-order valence-corrected chi connectivity index (χ4v) is 4.25. The Balaban J connectivity index is 1.40. The molecule has 0 unspecified atom stereocenters. The maximum atomic E-state index is 15.3. The fraction of sp³-hybridized carbons (Fsp3) is 0.360. The number of piperazine rings is 1. The zero-order chi connectivity index (χ0) is 24.0. The summed E-state index contributed by atoms with van der Waals surface area (Å²) in [6, 6.07) is 5.63. The van der Waals surface area contributed by atoms with Crippen LogP contribution in [0.1, 0.15) is 12.8 Å². The van der Waals surface area contributed by atoms with E-state index in [1.807, 2.05) is 24.4 Å². The minimum atomic E-state index is -0.307. The van der Waals surface area contributed by atoms with Crippen LogP contribution in [0.2, 0.25) is 0 Å². The predicted molar refractivity (Wildman–Crippen MR) is 133 cm³/mol. The van der Waals surface area contributed by atoms with E-state index in [9.17, 15) is 4.79 Å². The first-order valence-electron chi connectivity index (χ1n) is 11.9. The number of carbonyl (C=O) groups is 1. The van der Waals surface area contributed by atoms with Gasteiger partial charge in [-0.05, 0) is 24.6 Å². The molecule has 0 saturated carbocycles. The van der Waals surface area contributed by atoms with Crippen LogP contribution in [0.4, 0.5) is 16.2 Å². The summed E-state index contributed by atoms with van der Waals surface area (Å²) in [5.74, 6) is 0.817. The summed E-state index contributed by atoms with van der Waals surface area (Å²) in [7, 11) is 0. The van der Waals surface area contributed by atoms with E-state index in [1.165, 1.54) is 0 Å². The number of aromatic nitrogens is 3. The molecule has 1 amide bonds. The van der Waals surface area contributed by atoms with E-state index in [1.54, 1.807) is 24.5 Å². The molecule has 2 aromatic heterocycles. The highest BCUT2D eigenvalue weighted by molar-refractivity contribution is 5.78. The molecule has 0 atom stereocenters. The van der Waals surface area contributed by atoms with Crippen molar-refractivity contribution in [2.45, 2.75) is 12.8 Å². The molecule has 0 radical (unpaired) electrons. The van der Waals surface area contributed by atoms with E-state index in [2.05, 4.69) is 40.7 Å². The van der Waals surface area contributed by atoms with Gasteiger partial charge in [0, 0.05) is 75.4 Å². The van der Waals surface area contributed by atoms with Crippen molar-refractivity contribution in [3.63, 3.8) is 0 Å². The van der Waals surface area contributed by atoms with Crippen LogP contribution in [0.25, 0.3) is 11.3 Å². The number of anilines is 2. The van der Waals surface area contributed by atoms with Crippen LogP contribution in [0.3, 0.4) is 0 Å². The molecule has 3 N–H and O–H groups in total. The fourth-order valence-electron chi connectivity index (χ4n) is 4.25. The molecule has 6 aliphatic rings. The van der Waals surface area contributed by atoms with E-state index in [4.69, 9.17) is 0 Å². The molecule has 2 aromatic rings. The van der Waals surface area contributed by atoms with Crippen molar-refractivity contribution in [3.8, 4) is 11.3 Å². The van der Waals surface area contributed by atoms with Gasteiger partial charge in [-0.3, -0.25) is 9.69 Å². The van der Waals surface area contributed by atoms with Gasteiger partial charge < -0.3 is 20.9 Å². The van der Waals surface area contributed by atoms with Gasteiger partial charge in [-0.25, -0.2) is 19.3 Å². The van der Waals surface area contributed by atoms with Crippen molar-refractivity contribution in [2.24, 2.45) is 0 Å². The zero-order valence-electron chi connectivity index (χ0n) is 19.5. The predicted octanol–water partition coefficient (Wildman–Crippen LogP) is 2.52. The average Bonchev–Trinajstić information content (AvgIpc) is 2.87. The number of amides is 1. The van der Waals surface area contributed by atoms with Crippen LogP contribution in [-0.2, 0) is 4.79 Å². The van der Waals surface area contributed by atoms with Crippen molar-refractivity contribution >= 4 is 17.7 Å². The second-order valence-corrected chi connectivity index (χ2v) is 8.75. The number of nitrogens with zero attached hydrogens (tertiary/aromatic N) is 5. The number of pyridine rings is 1. The molecular formula is C25H29FN8O. The second kappa shape index (κ2) is 10.6. The lowest BCUT2D eigenvalue weighted by atomic mass is 10.1. The van der Waals surface area contributed by atoms with Gasteiger partial charge in [0.05, 0.1) is 17.9 Å². The lowest BCUT2D eigenvalue weighted by Crippen LogP contribution is -2.48. The minimum absolute atomic E-state index is 0.0282. The van der Waals surface area contributed by atoms with E-state index >= 15 is 4.39 Å². The largest absolute Gasteiger partial charge is 0.374 e. The summed E-state index contributed by atoms with van der Waals surface area (Å²) in [5.41, 5.74) is 2.49. The highest BCUT2D eigenvalue weighted by Gasteiger charge is 2.20. The SMILES string of the molecule is O=C1CN2CCN(C=C3C=CCC(=C3F)Nc3nccc(n3)-c3ccc(nc3)NCCCN1)CC2. The maximum Gasteiger partial charge on any atom is 0.234 e. The van der Waals surface area contributed by atoms with E-state index < -0.39 is 0 Å². The average molecular weight is 477 g/mol. The maximum absolute atomic E-state index is 15.3. The summed E-state index contributed by atoms with van der Waals surface area (Å²) < 4.78 is 15.3. The Bertz CT molecular complexity index is 1150. The van der Waals surface area contributed by atoms with E-state index in [-0.39, 0.29) is 11.7 Å². The van der Waals surface area contributed by atoms with Crippen LogP contribution in [0.5, 0.6) is 0 Å². The molecule has 35 heavy (non-hydrogen) atoms. The number of nitrogens with one attached hydrogen (secondary N) is 3. The third-order valence-corrected chi connectivity index (χ3v) is 6.19.